The summed E-state index contributed by atoms with van der Waals surface area (Å²) in [5, 5.41) is 234. The lowest BCUT2D eigenvalue weighted by atomic mass is 9.93. The Kier molecular flexibility index (Phi) is 28.0. The molecular formula is C52H88N2O42S. The van der Waals surface area contributed by atoms with E-state index in [4.69, 9.17) is 75.2 Å². The van der Waals surface area contributed by atoms with Gasteiger partial charge in [0.05, 0.1) is 51.8 Å². The predicted molar refractivity (Wildman–Crippen MR) is 295 cm³/mol. The molecular weight excluding hydrogens is 1360 g/mol. The Morgan fingerprint density at radius 2 is 0.639 bits per heavy atom. The molecule has 1 unspecified atom stereocenters. The molecule has 24 N–H and O–H groups in total. The minimum atomic E-state index is -5.61. The Balaban J connectivity index is 1.18. The van der Waals surface area contributed by atoms with Gasteiger partial charge in [0.1, 0.15) is 183 Å². The van der Waals surface area contributed by atoms with E-state index >= 15 is 0 Å². The summed E-state index contributed by atoms with van der Waals surface area (Å²) in [6.07, 6.45) is -79.0. The number of nitrogens with one attached hydrogen (secondary N) is 2. The molecule has 0 aromatic carbocycles. The van der Waals surface area contributed by atoms with Crippen LogP contribution in [0.1, 0.15) is 27.7 Å². The van der Waals surface area contributed by atoms with E-state index in [1.807, 2.05) is 0 Å². The Hall–Kier alpha value is -2.63. The lowest BCUT2D eigenvalue weighted by Gasteiger charge is -2.52. The van der Waals surface area contributed by atoms with E-state index in [1.165, 1.54) is 13.8 Å². The zero-order chi connectivity index (χ0) is 71.7. The summed E-state index contributed by atoms with van der Waals surface area (Å²) in [6, 6.07) is -4.14. The van der Waals surface area contributed by atoms with E-state index in [2.05, 4.69) is 10.6 Å². The van der Waals surface area contributed by atoms with Crippen LogP contribution in [-0.4, -0.2) is 417 Å². The number of hydrogen-bond acceptors (Lipinski definition) is 41. The molecule has 44 nitrogen and oxygen atoms in total. The van der Waals surface area contributed by atoms with Crippen LogP contribution in [0.2, 0.25) is 0 Å². The topological polar surface area (TPSA) is 685 Å². The molecule has 8 saturated heterocycles. The van der Waals surface area contributed by atoms with Crippen molar-refractivity contribution in [3.8, 4) is 0 Å². The molecule has 0 aromatic rings. The average Bonchev–Trinajstić information content (AvgIpc) is 0.763. The summed E-state index contributed by atoms with van der Waals surface area (Å²) in [6.45, 7) is -2.84. The third-order valence-electron chi connectivity index (χ3n) is 17.6. The van der Waals surface area contributed by atoms with Gasteiger partial charge in [-0.05, 0) is 13.8 Å². The molecule has 97 heavy (non-hydrogen) atoms. The van der Waals surface area contributed by atoms with E-state index < -0.39 is 307 Å². The molecule has 8 aliphatic heterocycles. The highest BCUT2D eigenvalue weighted by Crippen LogP contribution is 2.40. The Morgan fingerprint density at radius 1 is 0.330 bits per heavy atom. The largest absolute Gasteiger partial charge is 0.397 e. The first kappa shape index (κ1) is 80.1. The molecule has 0 bridgehead atoms. The second kappa shape index (κ2) is 33.9. The molecule has 8 aliphatic rings. The maximum absolute atomic E-state index is 13.4. The number of hydrogen-bond donors (Lipinski definition) is 24. The molecule has 8 heterocycles. The van der Waals surface area contributed by atoms with Gasteiger partial charge in [0.15, 0.2) is 50.3 Å². The summed E-state index contributed by atoms with van der Waals surface area (Å²) >= 11 is 0. The van der Waals surface area contributed by atoms with E-state index in [9.17, 15) is 130 Å². The average molecular weight is 1450 g/mol. The molecule has 0 spiro atoms. The predicted octanol–water partition coefficient (Wildman–Crippen LogP) is -16.3. The van der Waals surface area contributed by atoms with Crippen LogP contribution < -0.4 is 10.6 Å². The van der Waals surface area contributed by atoms with Crippen LogP contribution in [-0.2, 0) is 95.2 Å². The van der Waals surface area contributed by atoms with Gasteiger partial charge in [0, 0.05) is 13.8 Å². The van der Waals surface area contributed by atoms with Gasteiger partial charge in [-0.1, -0.05) is 0 Å². The monoisotopic (exact) mass is 1440 g/mol. The van der Waals surface area contributed by atoms with Gasteiger partial charge in [-0.2, -0.15) is 8.42 Å². The van der Waals surface area contributed by atoms with Crippen molar-refractivity contribution in [1.82, 2.24) is 10.6 Å². The maximum atomic E-state index is 13.4. The number of carbonyl (C=O) groups is 2. The van der Waals surface area contributed by atoms with Crippen LogP contribution in [0.25, 0.3) is 0 Å². The third-order valence-corrected chi connectivity index (χ3v) is 18.0. The van der Waals surface area contributed by atoms with Gasteiger partial charge in [0.25, 0.3) is 0 Å². The van der Waals surface area contributed by atoms with E-state index in [-0.39, 0.29) is 0 Å². The number of amides is 2. The van der Waals surface area contributed by atoms with Gasteiger partial charge in [-0.25, -0.2) is 4.18 Å². The Labute approximate surface area is 549 Å². The van der Waals surface area contributed by atoms with Gasteiger partial charge in [0.2, 0.25) is 11.8 Å². The third kappa shape index (κ3) is 17.8. The zero-order valence-corrected chi connectivity index (χ0v) is 52.6. The molecule has 0 saturated carbocycles. The highest BCUT2D eigenvalue weighted by Gasteiger charge is 2.61. The van der Waals surface area contributed by atoms with Crippen molar-refractivity contribution in [2.24, 2.45) is 0 Å². The van der Waals surface area contributed by atoms with Crippen LogP contribution in [0.15, 0.2) is 0 Å². The number of aliphatic hydroxyl groups excluding tert-OH is 21. The first-order valence-electron chi connectivity index (χ1n) is 30.5. The molecule has 8 rings (SSSR count). The minimum absolute atomic E-state index is 0.874. The summed E-state index contributed by atoms with van der Waals surface area (Å²) < 4.78 is 128. The molecule has 45 heteroatoms. The maximum Gasteiger partial charge on any atom is 0.397 e. The van der Waals surface area contributed by atoms with Crippen molar-refractivity contribution in [3.05, 3.63) is 0 Å². The quantitative estimate of drug-likeness (QED) is 0.0399. The van der Waals surface area contributed by atoms with Crippen molar-refractivity contribution < 1.29 is 205 Å². The van der Waals surface area contributed by atoms with Crippen molar-refractivity contribution >= 4 is 22.2 Å². The van der Waals surface area contributed by atoms with Crippen molar-refractivity contribution in [2.45, 2.75) is 273 Å². The Bertz CT molecular complexity index is 2610. The van der Waals surface area contributed by atoms with Gasteiger partial charge in [-0.3, -0.25) is 14.1 Å². The normalized spacial score (nSPS) is 50.2. The second-order valence-corrected chi connectivity index (χ2v) is 25.4. The van der Waals surface area contributed by atoms with Gasteiger partial charge < -0.3 is 189 Å². The molecule has 8 fully saturated rings. The Morgan fingerprint density at radius 3 is 1.03 bits per heavy atom. The van der Waals surface area contributed by atoms with E-state index in [0.717, 1.165) is 13.8 Å². The fourth-order valence-corrected chi connectivity index (χ4v) is 12.6. The van der Waals surface area contributed by atoms with Crippen LogP contribution in [0.3, 0.4) is 0 Å². The van der Waals surface area contributed by atoms with Crippen LogP contribution in [0.4, 0.5) is 0 Å². The summed E-state index contributed by atoms with van der Waals surface area (Å²) in [5.41, 5.74) is 0. The summed E-state index contributed by atoms with van der Waals surface area (Å²) in [7, 11) is -5.61. The first-order chi connectivity index (χ1) is 45.6. The number of aliphatic hydroxyl groups is 21. The molecule has 0 radical (unpaired) electrons. The molecule has 40 atom stereocenters. The SMILES string of the molecule is CC(=O)N[C@H]1[C@H](O[C@H]2[C@@H](O)[C@@H](CO)O[C@@H](O[C@H]3[C@H](O[C@@H]4O[C@@H](C)[C@@H](O)[C@@H](O)[C@@H]4O)[C@@H](NC(C)=O)[C@H](O[C@H]4[C@@H](O)[C@@H](CO)O[C@@H](O[C@H]5[C@H](O)[C@@H](O)C(O)O[C@@H]5CO)[C@@H]4O)O[C@@H]3COS(=O)(=O)O)[C@@H]2O)O[C@H](CO)[C@@H](O[C@@H]2O[C@@H](C)[C@@H](O)[C@@H](O)[C@@H]2O)[C@@H]1O[C@@H]1O[C@H](CO)[C@H](O)[C@H](O)[C@H]1O. The standard InChI is InChI=1S/C52H88N2O42S/c1-11-23(62)28(67)33(72)48(82-11)91-39-19(9-59)88-46(21(53-13(3)60)41(39)94-50-35(74)30(69)25(64)15(5-55)85-50)95-44-27(66)17(7-57)87-52(37(44)76)92-40-20(10-81-97(78,79)80)89-47(22(54-14(4)61)42(40)93-49-34(73)29(68)24(63)12(2)83-49)96-43-26(65)16(6-56)86-51(36(43)75)90-38-18(8-58)84-45(77)32(71)31(38)70/h11-12,15-52,55-59,62-77H,5-10H2,1-4H3,(H,53,60)(H,54,61)(H,78,79,80)/t11-,12-,15+,16+,17+,18+,19+,20+,21+,22+,23+,24+,25-,26-,27-,28+,29+,30-,31+,32+,33-,34-,35+,36+,37+,38+,39+,40+,41+,42+,43-,44-,45?,46-,47-,48-,49-,50-,51-,52-/m0/s1. The zero-order valence-electron chi connectivity index (χ0n) is 51.7. The second-order valence-electron chi connectivity index (χ2n) is 24.3. The number of carbonyl (C=O) groups excluding carboxylic acids is 2. The first-order valence-corrected chi connectivity index (χ1v) is 31.9. The fraction of sp³-hybridized carbons (Fsp3) is 0.962. The molecule has 564 valence electrons. The smallest absolute Gasteiger partial charge is 0.394 e. The molecule has 2 amide bonds. The highest BCUT2D eigenvalue weighted by atomic mass is 32.3. The van der Waals surface area contributed by atoms with E-state index in [1.54, 1.807) is 0 Å². The van der Waals surface area contributed by atoms with E-state index in [0.29, 0.717) is 0 Å². The highest BCUT2D eigenvalue weighted by molar-refractivity contribution is 7.80. The van der Waals surface area contributed by atoms with Crippen LogP contribution in [0.5, 0.6) is 0 Å². The number of ether oxygens (including phenoxy) is 15. The summed E-state index contributed by atoms with van der Waals surface area (Å²) in [5.74, 6) is -2.06. The summed E-state index contributed by atoms with van der Waals surface area (Å²) in [4.78, 5) is 26.7. The van der Waals surface area contributed by atoms with Crippen molar-refractivity contribution in [3.63, 3.8) is 0 Å². The van der Waals surface area contributed by atoms with Gasteiger partial charge >= 0.3 is 10.4 Å². The number of rotatable bonds is 24. The lowest BCUT2D eigenvalue weighted by molar-refractivity contribution is -0.399. The van der Waals surface area contributed by atoms with Crippen LogP contribution in [0, 0.1) is 0 Å². The molecule has 0 aromatic heterocycles. The molecule has 0 aliphatic carbocycles. The van der Waals surface area contributed by atoms with Crippen LogP contribution >= 0.6 is 0 Å². The fourth-order valence-electron chi connectivity index (χ4n) is 12.3. The van der Waals surface area contributed by atoms with Crippen molar-refractivity contribution in [2.75, 3.05) is 39.6 Å². The minimum Gasteiger partial charge on any atom is -0.394 e. The lowest BCUT2D eigenvalue weighted by Crippen LogP contribution is -2.72. The van der Waals surface area contributed by atoms with Crippen molar-refractivity contribution in [1.29, 1.82) is 0 Å². The van der Waals surface area contributed by atoms with Gasteiger partial charge in [-0.15, -0.1) is 0 Å².